The number of nitrogens with one attached hydrogen (secondary N) is 1. The van der Waals surface area contributed by atoms with Crippen molar-refractivity contribution in [2.75, 3.05) is 5.32 Å². The molecule has 7 heteroatoms. The molecule has 0 unspecified atom stereocenters. The lowest BCUT2D eigenvalue weighted by molar-refractivity contribution is 0.104. The maximum absolute atomic E-state index is 11.8. The summed E-state index contributed by atoms with van der Waals surface area (Å²) in [4.78, 5) is 15.6. The van der Waals surface area contributed by atoms with Gasteiger partial charge in [-0.05, 0) is 36.4 Å². The summed E-state index contributed by atoms with van der Waals surface area (Å²) in [5, 5.41) is 7.86. The van der Waals surface area contributed by atoms with E-state index in [1.165, 1.54) is 30.6 Å². The van der Waals surface area contributed by atoms with Crippen molar-refractivity contribution in [3.63, 3.8) is 0 Å². The second kappa shape index (κ2) is 6.29. The Morgan fingerprint density at radius 1 is 1.19 bits per heavy atom. The molecule has 0 atom stereocenters. The molecule has 0 amide bonds. The Hall–Kier alpha value is -2.51. The van der Waals surface area contributed by atoms with Crippen LogP contribution >= 0.6 is 0 Å². The molecule has 1 aromatic heterocycles. The number of carbonyl (C=O) groups excluding carboxylic acids is 1. The predicted octanol–water partition coefficient (Wildman–Crippen LogP) is 1.54. The maximum Gasteiger partial charge on any atom is 0.238 e. The first kappa shape index (κ1) is 14.9. The molecule has 1 heterocycles. The quantitative estimate of drug-likeness (QED) is 0.644. The van der Waals surface area contributed by atoms with E-state index in [-0.39, 0.29) is 10.7 Å². The number of carbonyl (C=O) groups is 1. The number of aromatic nitrogens is 1. The van der Waals surface area contributed by atoms with Crippen LogP contribution in [0.5, 0.6) is 0 Å². The number of primary sulfonamides is 1. The highest BCUT2D eigenvalue weighted by Crippen LogP contribution is 2.12. The van der Waals surface area contributed by atoms with Crippen molar-refractivity contribution in [2.24, 2.45) is 5.14 Å². The number of hydrogen-bond donors (Lipinski definition) is 2. The van der Waals surface area contributed by atoms with Gasteiger partial charge in [-0.2, -0.15) is 0 Å². The summed E-state index contributed by atoms with van der Waals surface area (Å²) in [6.45, 7) is 0. The van der Waals surface area contributed by atoms with Gasteiger partial charge < -0.3 is 5.32 Å². The van der Waals surface area contributed by atoms with Crippen molar-refractivity contribution in [2.45, 2.75) is 4.90 Å². The van der Waals surface area contributed by atoms with Gasteiger partial charge in [0.2, 0.25) is 10.0 Å². The zero-order valence-electron chi connectivity index (χ0n) is 10.9. The molecule has 0 saturated carbocycles. The fourth-order valence-electron chi connectivity index (χ4n) is 1.56. The Morgan fingerprint density at radius 2 is 1.90 bits per heavy atom. The van der Waals surface area contributed by atoms with Crippen LogP contribution in [0.3, 0.4) is 0 Å². The monoisotopic (exact) mass is 303 g/mol. The summed E-state index contributed by atoms with van der Waals surface area (Å²) >= 11 is 0. The average molecular weight is 303 g/mol. The number of pyridine rings is 1. The number of nitrogens with two attached hydrogens (primary N) is 1. The largest absolute Gasteiger partial charge is 0.362 e. The predicted molar refractivity (Wildman–Crippen MR) is 79.1 cm³/mol. The zero-order valence-corrected chi connectivity index (χ0v) is 11.7. The molecular formula is C14H13N3O3S. The minimum Gasteiger partial charge on any atom is -0.362 e. The first-order chi connectivity index (χ1) is 9.97. The highest BCUT2D eigenvalue weighted by atomic mass is 32.2. The van der Waals surface area contributed by atoms with E-state index < -0.39 is 10.0 Å². The van der Waals surface area contributed by atoms with Crippen LogP contribution in [0.25, 0.3) is 0 Å². The van der Waals surface area contributed by atoms with Gasteiger partial charge in [0.25, 0.3) is 0 Å². The smallest absolute Gasteiger partial charge is 0.238 e. The van der Waals surface area contributed by atoms with Crippen molar-refractivity contribution in [1.82, 2.24) is 4.98 Å². The Kier molecular flexibility index (Phi) is 4.46. The van der Waals surface area contributed by atoms with Gasteiger partial charge >= 0.3 is 0 Å². The Labute approximate surface area is 122 Å². The zero-order chi connectivity index (χ0) is 15.3. The van der Waals surface area contributed by atoms with Crippen LogP contribution < -0.4 is 10.5 Å². The summed E-state index contributed by atoms with van der Waals surface area (Å²) in [5.74, 6) is -0.184. The second-order valence-electron chi connectivity index (χ2n) is 4.15. The number of ketones is 1. The fourth-order valence-corrected chi connectivity index (χ4v) is 2.07. The normalized spacial score (nSPS) is 11.5. The number of rotatable bonds is 5. The van der Waals surface area contributed by atoms with E-state index >= 15 is 0 Å². The minimum atomic E-state index is -3.70. The molecule has 0 saturated heterocycles. The standard InChI is InChI=1S/C14H13N3O3S/c15-21(19,20)13-5-3-12(4-6-13)17-9-7-14(18)11-2-1-8-16-10-11/h1-10,17H,(H2,15,19,20). The Morgan fingerprint density at radius 3 is 2.48 bits per heavy atom. The summed E-state index contributed by atoms with van der Waals surface area (Å²) in [6, 6.07) is 9.22. The first-order valence-corrected chi connectivity index (χ1v) is 7.52. The SMILES string of the molecule is NS(=O)(=O)c1ccc(NC=CC(=O)c2cccnc2)cc1. The van der Waals surface area contributed by atoms with Crippen molar-refractivity contribution < 1.29 is 13.2 Å². The number of allylic oxidation sites excluding steroid dienone is 1. The molecule has 3 N–H and O–H groups in total. The Bertz CT molecular complexity index is 754. The molecule has 0 aliphatic carbocycles. The van der Waals surface area contributed by atoms with Crippen LogP contribution in [0.1, 0.15) is 10.4 Å². The van der Waals surface area contributed by atoms with E-state index in [2.05, 4.69) is 10.3 Å². The number of benzene rings is 1. The molecular weight excluding hydrogens is 290 g/mol. The highest BCUT2D eigenvalue weighted by Gasteiger charge is 2.06. The summed E-state index contributed by atoms with van der Waals surface area (Å²) < 4.78 is 22.2. The van der Waals surface area contributed by atoms with Gasteiger partial charge in [-0.3, -0.25) is 9.78 Å². The van der Waals surface area contributed by atoms with Crippen LogP contribution in [-0.2, 0) is 10.0 Å². The first-order valence-electron chi connectivity index (χ1n) is 5.97. The van der Waals surface area contributed by atoms with Crippen LogP contribution in [0, 0.1) is 0 Å². The van der Waals surface area contributed by atoms with Gasteiger partial charge in [-0.1, -0.05) is 0 Å². The number of nitrogens with zero attached hydrogens (tertiary/aromatic N) is 1. The van der Waals surface area contributed by atoms with Crippen molar-refractivity contribution in [1.29, 1.82) is 0 Å². The lowest BCUT2D eigenvalue weighted by Gasteiger charge is -2.02. The fraction of sp³-hybridized carbons (Fsp3) is 0. The van der Waals surface area contributed by atoms with Crippen LogP contribution in [-0.4, -0.2) is 19.2 Å². The minimum absolute atomic E-state index is 0.0310. The molecule has 2 aromatic rings. The molecule has 21 heavy (non-hydrogen) atoms. The van der Waals surface area contributed by atoms with Gasteiger partial charge in [0.1, 0.15) is 0 Å². The van der Waals surface area contributed by atoms with Gasteiger partial charge in [0, 0.05) is 35.9 Å². The van der Waals surface area contributed by atoms with Crippen molar-refractivity contribution in [3.8, 4) is 0 Å². The molecule has 0 aliphatic rings. The van der Waals surface area contributed by atoms with E-state index in [4.69, 9.17) is 5.14 Å². The number of hydrogen-bond acceptors (Lipinski definition) is 5. The van der Waals surface area contributed by atoms with Crippen LogP contribution in [0.2, 0.25) is 0 Å². The number of anilines is 1. The van der Waals surface area contributed by atoms with E-state index in [0.717, 1.165) is 0 Å². The molecule has 0 aliphatic heterocycles. The lowest BCUT2D eigenvalue weighted by Crippen LogP contribution is -2.11. The third-order valence-electron chi connectivity index (χ3n) is 2.61. The third kappa shape index (κ3) is 4.23. The van der Waals surface area contributed by atoms with Gasteiger partial charge in [-0.25, -0.2) is 13.6 Å². The second-order valence-corrected chi connectivity index (χ2v) is 5.71. The van der Waals surface area contributed by atoms with Crippen LogP contribution in [0.15, 0.2) is 66.0 Å². The summed E-state index contributed by atoms with van der Waals surface area (Å²) in [5.41, 5.74) is 1.12. The van der Waals surface area contributed by atoms with Gasteiger partial charge in [0.15, 0.2) is 5.78 Å². The summed E-state index contributed by atoms with van der Waals surface area (Å²) in [7, 11) is -3.70. The Balaban J connectivity index is 2.00. The molecule has 0 radical (unpaired) electrons. The lowest BCUT2D eigenvalue weighted by atomic mass is 10.2. The molecule has 1 aromatic carbocycles. The molecule has 2 rings (SSSR count). The van der Waals surface area contributed by atoms with Gasteiger partial charge in [0.05, 0.1) is 4.90 Å². The van der Waals surface area contributed by atoms with E-state index in [9.17, 15) is 13.2 Å². The average Bonchev–Trinajstić information content (AvgIpc) is 2.47. The topological polar surface area (TPSA) is 102 Å². The van der Waals surface area contributed by atoms with E-state index in [1.54, 1.807) is 30.5 Å². The highest BCUT2D eigenvalue weighted by molar-refractivity contribution is 7.89. The van der Waals surface area contributed by atoms with Crippen molar-refractivity contribution >= 4 is 21.5 Å². The number of sulfonamides is 1. The maximum atomic E-state index is 11.8. The van der Waals surface area contributed by atoms with E-state index in [1.807, 2.05) is 0 Å². The van der Waals surface area contributed by atoms with Gasteiger partial charge in [-0.15, -0.1) is 0 Å². The summed E-state index contributed by atoms with van der Waals surface area (Å²) in [6.07, 6.45) is 5.91. The molecule has 0 fully saturated rings. The van der Waals surface area contributed by atoms with Crippen molar-refractivity contribution in [3.05, 3.63) is 66.6 Å². The molecule has 108 valence electrons. The van der Waals surface area contributed by atoms with Crippen LogP contribution in [0.4, 0.5) is 5.69 Å². The third-order valence-corrected chi connectivity index (χ3v) is 3.54. The van der Waals surface area contributed by atoms with E-state index in [0.29, 0.717) is 11.3 Å². The molecule has 6 nitrogen and oxygen atoms in total. The molecule has 0 spiro atoms. The molecule has 0 bridgehead atoms.